The number of nitrogens with one attached hydrogen (secondary N) is 1. The third-order valence-electron chi connectivity index (χ3n) is 1.92. The summed E-state index contributed by atoms with van der Waals surface area (Å²) in [6.45, 7) is -1.37. The molecular weight excluding hydrogens is 276 g/mol. The fourth-order valence-corrected chi connectivity index (χ4v) is 1.32. The van der Waals surface area contributed by atoms with Gasteiger partial charge in [0.05, 0.1) is 23.0 Å². The molecule has 3 N–H and O–H groups in total. The quantitative estimate of drug-likeness (QED) is 0.497. The molecule has 0 saturated heterocycles. The molecule has 0 heterocycles. The minimum atomic E-state index is -4.35. The Morgan fingerprint density at radius 3 is 2.61 bits per heavy atom. The van der Waals surface area contributed by atoms with E-state index in [-0.39, 0.29) is 23.9 Å². The molecule has 1 aromatic carbocycles. The number of ether oxygens (including phenoxy) is 1. The summed E-state index contributed by atoms with van der Waals surface area (Å²) in [5.41, 5.74) is 5.96. The summed E-state index contributed by atoms with van der Waals surface area (Å²) in [4.78, 5) is 0. The van der Waals surface area contributed by atoms with E-state index in [0.29, 0.717) is 5.69 Å². The first-order chi connectivity index (χ1) is 8.29. The Balaban J connectivity index is 2.38. The lowest BCUT2D eigenvalue weighted by molar-refractivity contribution is -0.172. The topological polar surface area (TPSA) is 47.3 Å². The molecule has 102 valence electrons. The van der Waals surface area contributed by atoms with Gasteiger partial charge in [0.15, 0.2) is 0 Å². The second-order valence-corrected chi connectivity index (χ2v) is 3.86. The monoisotopic (exact) mass is 286 g/mol. The minimum Gasteiger partial charge on any atom is -0.397 e. The van der Waals surface area contributed by atoms with Crippen LogP contribution >= 0.6 is 11.6 Å². The fourth-order valence-electron chi connectivity index (χ4n) is 1.16. The van der Waals surface area contributed by atoms with Gasteiger partial charge < -0.3 is 15.8 Å². The zero-order chi connectivity index (χ0) is 13.8. The number of anilines is 2. The summed E-state index contributed by atoms with van der Waals surface area (Å²) in [6, 6.07) is 2.29. The highest BCUT2D eigenvalue weighted by atomic mass is 35.5. The molecule has 1 aromatic rings. The van der Waals surface area contributed by atoms with Crippen molar-refractivity contribution in [1.82, 2.24) is 0 Å². The van der Waals surface area contributed by atoms with Crippen molar-refractivity contribution >= 4 is 23.0 Å². The number of halogens is 5. The molecule has 0 radical (unpaired) electrons. The molecule has 0 aliphatic heterocycles. The van der Waals surface area contributed by atoms with Crippen molar-refractivity contribution in [2.45, 2.75) is 6.18 Å². The number of hydrogen-bond donors (Lipinski definition) is 2. The predicted molar refractivity (Wildman–Crippen MR) is 61.2 cm³/mol. The standard InChI is InChI=1S/C10H11ClF4N2O/c11-6-3-9(8(16)4-7(6)12)17-1-2-18-5-10(13,14)15/h3-4,17H,1-2,5,16H2. The van der Waals surface area contributed by atoms with E-state index in [1.165, 1.54) is 6.07 Å². The second kappa shape index (κ2) is 6.10. The van der Waals surface area contributed by atoms with Gasteiger partial charge in [-0.2, -0.15) is 13.2 Å². The first-order valence-electron chi connectivity index (χ1n) is 4.92. The van der Waals surface area contributed by atoms with Crippen LogP contribution in [-0.2, 0) is 4.74 Å². The molecule has 8 heteroatoms. The maximum absolute atomic E-state index is 12.9. The van der Waals surface area contributed by atoms with E-state index in [9.17, 15) is 17.6 Å². The summed E-state index contributed by atoms with van der Waals surface area (Å²) in [5.74, 6) is -0.659. The molecule has 0 fully saturated rings. The summed E-state index contributed by atoms with van der Waals surface area (Å²) in [7, 11) is 0. The SMILES string of the molecule is Nc1cc(F)c(Cl)cc1NCCOCC(F)(F)F. The third-order valence-corrected chi connectivity index (χ3v) is 2.21. The lowest BCUT2D eigenvalue weighted by Crippen LogP contribution is -2.20. The molecule has 18 heavy (non-hydrogen) atoms. The Bertz CT molecular complexity index is 412. The first-order valence-corrected chi connectivity index (χ1v) is 5.30. The van der Waals surface area contributed by atoms with Crippen LogP contribution in [0.25, 0.3) is 0 Å². The van der Waals surface area contributed by atoms with Crippen LogP contribution in [0.5, 0.6) is 0 Å². The van der Waals surface area contributed by atoms with Crippen LogP contribution in [0.3, 0.4) is 0 Å². The Morgan fingerprint density at radius 1 is 1.33 bits per heavy atom. The van der Waals surface area contributed by atoms with Gasteiger partial charge >= 0.3 is 6.18 Å². The molecule has 0 atom stereocenters. The highest BCUT2D eigenvalue weighted by Gasteiger charge is 2.27. The van der Waals surface area contributed by atoms with Crippen LogP contribution < -0.4 is 11.1 Å². The number of benzene rings is 1. The van der Waals surface area contributed by atoms with Gasteiger partial charge in [0.25, 0.3) is 0 Å². The normalized spacial score (nSPS) is 11.6. The Morgan fingerprint density at radius 2 is 2.00 bits per heavy atom. The molecule has 0 bridgehead atoms. The number of rotatable bonds is 5. The van der Waals surface area contributed by atoms with E-state index in [0.717, 1.165) is 6.07 Å². The van der Waals surface area contributed by atoms with Crippen molar-refractivity contribution in [3.05, 3.63) is 23.0 Å². The average Bonchev–Trinajstić information content (AvgIpc) is 2.23. The number of nitrogens with two attached hydrogens (primary N) is 1. The van der Waals surface area contributed by atoms with E-state index >= 15 is 0 Å². The van der Waals surface area contributed by atoms with Gasteiger partial charge in [-0.3, -0.25) is 0 Å². The van der Waals surface area contributed by atoms with Gasteiger partial charge in [-0.25, -0.2) is 4.39 Å². The highest BCUT2D eigenvalue weighted by molar-refractivity contribution is 6.31. The highest BCUT2D eigenvalue weighted by Crippen LogP contribution is 2.25. The summed E-state index contributed by atoms with van der Waals surface area (Å²) >= 11 is 5.54. The van der Waals surface area contributed by atoms with Crippen LogP contribution in [0.1, 0.15) is 0 Å². The Hall–Kier alpha value is -1.21. The maximum Gasteiger partial charge on any atom is 0.411 e. The molecule has 0 aromatic heterocycles. The van der Waals surface area contributed by atoms with E-state index in [4.69, 9.17) is 17.3 Å². The van der Waals surface area contributed by atoms with Crippen molar-refractivity contribution < 1.29 is 22.3 Å². The molecule has 3 nitrogen and oxygen atoms in total. The second-order valence-electron chi connectivity index (χ2n) is 3.45. The van der Waals surface area contributed by atoms with Gasteiger partial charge in [0.2, 0.25) is 0 Å². The van der Waals surface area contributed by atoms with Crippen molar-refractivity contribution in [3.63, 3.8) is 0 Å². The molecule has 0 aliphatic carbocycles. The Kier molecular flexibility index (Phi) is 5.03. The molecule has 0 spiro atoms. The number of hydrogen-bond acceptors (Lipinski definition) is 3. The molecule has 1 rings (SSSR count). The van der Waals surface area contributed by atoms with Gasteiger partial charge in [-0.1, -0.05) is 11.6 Å². The van der Waals surface area contributed by atoms with Gasteiger partial charge in [0.1, 0.15) is 12.4 Å². The molecular formula is C10H11ClF4N2O. The average molecular weight is 287 g/mol. The molecule has 0 saturated carbocycles. The van der Waals surface area contributed by atoms with Gasteiger partial charge in [-0.15, -0.1) is 0 Å². The maximum atomic E-state index is 12.9. The van der Waals surface area contributed by atoms with E-state index < -0.39 is 18.6 Å². The number of nitrogen functional groups attached to an aromatic ring is 1. The molecule has 0 amide bonds. The van der Waals surface area contributed by atoms with E-state index in [2.05, 4.69) is 10.1 Å². The van der Waals surface area contributed by atoms with Crippen LogP contribution in [-0.4, -0.2) is 25.9 Å². The van der Waals surface area contributed by atoms with Crippen LogP contribution in [0.15, 0.2) is 12.1 Å². The van der Waals surface area contributed by atoms with Crippen LogP contribution in [0.4, 0.5) is 28.9 Å². The molecule has 0 aliphatic rings. The van der Waals surface area contributed by atoms with Gasteiger partial charge in [-0.05, 0) is 6.07 Å². The Labute approximate surface area is 106 Å². The van der Waals surface area contributed by atoms with Crippen LogP contribution in [0, 0.1) is 5.82 Å². The van der Waals surface area contributed by atoms with Crippen LogP contribution in [0.2, 0.25) is 5.02 Å². The van der Waals surface area contributed by atoms with Crippen molar-refractivity contribution in [2.24, 2.45) is 0 Å². The van der Waals surface area contributed by atoms with Crippen molar-refractivity contribution in [2.75, 3.05) is 30.8 Å². The van der Waals surface area contributed by atoms with Gasteiger partial charge in [0, 0.05) is 12.6 Å². The first kappa shape index (κ1) is 14.8. The van der Waals surface area contributed by atoms with Crippen molar-refractivity contribution in [3.8, 4) is 0 Å². The smallest absolute Gasteiger partial charge is 0.397 e. The minimum absolute atomic E-state index is 0.0994. The lowest BCUT2D eigenvalue weighted by Gasteiger charge is -2.11. The summed E-state index contributed by atoms with van der Waals surface area (Å²) in [6.07, 6.45) is -4.35. The largest absolute Gasteiger partial charge is 0.411 e. The number of alkyl halides is 3. The third kappa shape index (κ3) is 4.97. The summed E-state index contributed by atoms with van der Waals surface area (Å²) in [5, 5.41) is 2.58. The van der Waals surface area contributed by atoms with Crippen molar-refractivity contribution in [1.29, 1.82) is 0 Å². The zero-order valence-corrected chi connectivity index (χ0v) is 9.91. The summed E-state index contributed by atoms with van der Waals surface area (Å²) < 4.78 is 52.6. The van der Waals surface area contributed by atoms with E-state index in [1.54, 1.807) is 0 Å². The predicted octanol–water partition coefficient (Wildman–Crippen LogP) is 3.05. The molecule has 0 unspecified atom stereocenters. The lowest BCUT2D eigenvalue weighted by atomic mass is 10.2. The fraction of sp³-hybridized carbons (Fsp3) is 0.400. The van der Waals surface area contributed by atoms with E-state index in [1.807, 2.05) is 0 Å². The zero-order valence-electron chi connectivity index (χ0n) is 9.15.